The van der Waals surface area contributed by atoms with Gasteiger partial charge in [0.15, 0.2) is 5.82 Å². The van der Waals surface area contributed by atoms with Gasteiger partial charge in [-0.3, -0.25) is 9.69 Å². The van der Waals surface area contributed by atoms with Gasteiger partial charge in [-0.2, -0.15) is 0 Å². The predicted molar refractivity (Wildman–Crippen MR) is 90.6 cm³/mol. The summed E-state index contributed by atoms with van der Waals surface area (Å²) in [5.41, 5.74) is 2.48. The lowest BCUT2D eigenvalue weighted by molar-refractivity contribution is 0.0996. The van der Waals surface area contributed by atoms with Gasteiger partial charge >= 0.3 is 0 Å². The third kappa shape index (κ3) is 2.27. The van der Waals surface area contributed by atoms with Gasteiger partial charge in [0.05, 0.1) is 6.54 Å². The molecule has 3 heterocycles. The van der Waals surface area contributed by atoms with Crippen molar-refractivity contribution in [1.82, 2.24) is 19.7 Å². The van der Waals surface area contributed by atoms with E-state index in [4.69, 9.17) is 0 Å². The average molecular weight is 319 g/mol. The quantitative estimate of drug-likeness (QED) is 0.744. The van der Waals surface area contributed by atoms with E-state index in [0.29, 0.717) is 23.9 Å². The molecule has 0 bridgehead atoms. The van der Waals surface area contributed by atoms with Crippen LogP contribution in [-0.4, -0.2) is 25.7 Å². The van der Waals surface area contributed by atoms with Crippen LogP contribution in [0.2, 0.25) is 0 Å². The molecule has 1 amide bonds. The topological polar surface area (TPSA) is 63.9 Å². The first-order valence-corrected chi connectivity index (χ1v) is 7.92. The first-order valence-electron chi connectivity index (χ1n) is 7.92. The highest BCUT2D eigenvalue weighted by Crippen LogP contribution is 2.28. The molecule has 0 spiro atoms. The number of hydrogen-bond acceptors (Lipinski definition) is 4. The summed E-state index contributed by atoms with van der Waals surface area (Å²) in [5, 5.41) is 8.17. The van der Waals surface area contributed by atoms with Crippen molar-refractivity contribution >= 4 is 11.7 Å². The van der Waals surface area contributed by atoms with Gasteiger partial charge in [-0.05, 0) is 37.6 Å². The number of carbonyl (C=O) groups excluding carboxylic acids is 1. The molecule has 1 aliphatic heterocycles. The van der Waals surface area contributed by atoms with Gasteiger partial charge in [-0.15, -0.1) is 10.2 Å². The number of carbonyl (C=O) groups is 1. The molecule has 2 aromatic heterocycles. The van der Waals surface area contributed by atoms with Crippen LogP contribution in [0.5, 0.6) is 0 Å². The fourth-order valence-corrected chi connectivity index (χ4v) is 2.94. The van der Waals surface area contributed by atoms with Crippen LogP contribution in [0.1, 0.15) is 35.8 Å². The van der Waals surface area contributed by atoms with E-state index in [9.17, 15) is 4.79 Å². The van der Waals surface area contributed by atoms with Gasteiger partial charge < -0.3 is 4.57 Å². The second-order valence-corrected chi connectivity index (χ2v) is 6.09. The van der Waals surface area contributed by atoms with Crippen LogP contribution in [0.4, 0.5) is 5.82 Å². The Morgan fingerprint density at radius 1 is 1.08 bits per heavy atom. The van der Waals surface area contributed by atoms with E-state index in [2.05, 4.69) is 29.0 Å². The molecular formula is C18H17N5O. The number of benzene rings is 1. The number of anilines is 1. The molecule has 6 heteroatoms. The van der Waals surface area contributed by atoms with Gasteiger partial charge in [0.2, 0.25) is 0 Å². The highest BCUT2D eigenvalue weighted by Gasteiger charge is 2.29. The summed E-state index contributed by atoms with van der Waals surface area (Å²) in [5.74, 6) is 1.32. The second-order valence-electron chi connectivity index (χ2n) is 6.09. The number of pyridine rings is 1. The van der Waals surface area contributed by atoms with E-state index in [1.165, 1.54) is 0 Å². The zero-order chi connectivity index (χ0) is 16.7. The Morgan fingerprint density at radius 3 is 2.71 bits per heavy atom. The van der Waals surface area contributed by atoms with Crippen LogP contribution in [-0.2, 0) is 6.54 Å². The smallest absolute Gasteiger partial charge is 0.260 e. The number of rotatable bonds is 3. The standard InChI is InChI=1S/C18H17N5O/c1-12(2)23-11-19-21-17(23)15-8-5-9-16(20-15)22-10-13-6-3-4-7-14(13)18(22)24/h3-9,11-12H,10H2,1-2H3. The lowest BCUT2D eigenvalue weighted by Gasteiger charge is -2.16. The maximum atomic E-state index is 12.6. The third-order valence-corrected chi connectivity index (χ3v) is 4.19. The Labute approximate surface area is 139 Å². The van der Waals surface area contributed by atoms with Crippen molar-refractivity contribution in [3.63, 3.8) is 0 Å². The Balaban J connectivity index is 1.72. The molecule has 1 aromatic carbocycles. The van der Waals surface area contributed by atoms with Crippen molar-refractivity contribution in [2.45, 2.75) is 26.4 Å². The predicted octanol–water partition coefficient (Wildman–Crippen LogP) is 3.08. The summed E-state index contributed by atoms with van der Waals surface area (Å²) >= 11 is 0. The lowest BCUT2D eigenvalue weighted by atomic mass is 10.1. The van der Waals surface area contributed by atoms with Gasteiger partial charge in [-0.1, -0.05) is 24.3 Å². The van der Waals surface area contributed by atoms with Gasteiger partial charge in [-0.25, -0.2) is 4.98 Å². The molecule has 3 aromatic rings. The normalized spacial score (nSPS) is 13.6. The lowest BCUT2D eigenvalue weighted by Crippen LogP contribution is -2.24. The fraction of sp³-hybridized carbons (Fsp3) is 0.222. The summed E-state index contributed by atoms with van der Waals surface area (Å²) in [6.45, 7) is 4.68. The van der Waals surface area contributed by atoms with Crippen molar-refractivity contribution in [2.24, 2.45) is 0 Å². The molecule has 0 atom stereocenters. The molecule has 1 aliphatic rings. The number of amides is 1. The van der Waals surface area contributed by atoms with Gasteiger partial charge in [0.25, 0.3) is 5.91 Å². The molecule has 0 aliphatic carbocycles. The van der Waals surface area contributed by atoms with Crippen LogP contribution < -0.4 is 4.90 Å². The Bertz CT molecular complexity index is 915. The molecule has 120 valence electrons. The summed E-state index contributed by atoms with van der Waals surface area (Å²) < 4.78 is 1.96. The van der Waals surface area contributed by atoms with E-state index in [1.807, 2.05) is 47.0 Å². The fourth-order valence-electron chi connectivity index (χ4n) is 2.94. The molecule has 0 saturated heterocycles. The second kappa shape index (κ2) is 5.56. The summed E-state index contributed by atoms with van der Waals surface area (Å²) in [4.78, 5) is 19.0. The van der Waals surface area contributed by atoms with E-state index in [1.54, 1.807) is 11.2 Å². The van der Waals surface area contributed by atoms with Crippen molar-refractivity contribution in [1.29, 1.82) is 0 Å². The van der Waals surface area contributed by atoms with Crippen LogP contribution >= 0.6 is 0 Å². The first kappa shape index (κ1) is 14.6. The Hall–Kier alpha value is -3.02. The number of aromatic nitrogens is 4. The van der Waals surface area contributed by atoms with E-state index < -0.39 is 0 Å². The SMILES string of the molecule is CC(C)n1cnnc1-c1cccc(N2Cc3ccccc3C2=O)n1. The van der Waals surface area contributed by atoms with Crippen molar-refractivity contribution in [3.05, 3.63) is 59.9 Å². The Kier molecular flexibility index (Phi) is 3.37. The first-order chi connectivity index (χ1) is 11.6. The zero-order valence-corrected chi connectivity index (χ0v) is 13.5. The van der Waals surface area contributed by atoms with E-state index in [0.717, 1.165) is 11.1 Å². The molecule has 4 rings (SSSR count). The monoisotopic (exact) mass is 319 g/mol. The van der Waals surface area contributed by atoms with E-state index >= 15 is 0 Å². The van der Waals surface area contributed by atoms with Crippen LogP contribution in [0, 0.1) is 0 Å². The largest absolute Gasteiger partial charge is 0.310 e. The summed E-state index contributed by atoms with van der Waals surface area (Å²) in [6.07, 6.45) is 1.70. The van der Waals surface area contributed by atoms with Crippen molar-refractivity contribution in [3.8, 4) is 11.5 Å². The molecule has 0 unspecified atom stereocenters. The maximum absolute atomic E-state index is 12.6. The zero-order valence-electron chi connectivity index (χ0n) is 13.5. The molecular weight excluding hydrogens is 302 g/mol. The summed E-state index contributed by atoms with van der Waals surface area (Å²) in [7, 11) is 0. The average Bonchev–Trinajstić information content (AvgIpc) is 3.21. The minimum absolute atomic E-state index is 0.0134. The highest BCUT2D eigenvalue weighted by atomic mass is 16.2. The molecule has 24 heavy (non-hydrogen) atoms. The number of hydrogen-bond donors (Lipinski definition) is 0. The van der Waals surface area contributed by atoms with Crippen LogP contribution in [0.25, 0.3) is 11.5 Å². The van der Waals surface area contributed by atoms with Crippen molar-refractivity contribution < 1.29 is 4.79 Å². The number of fused-ring (bicyclic) bond motifs is 1. The minimum atomic E-state index is -0.0134. The van der Waals surface area contributed by atoms with Crippen molar-refractivity contribution in [2.75, 3.05) is 4.90 Å². The van der Waals surface area contributed by atoms with Gasteiger partial charge in [0, 0.05) is 11.6 Å². The van der Waals surface area contributed by atoms with E-state index in [-0.39, 0.29) is 11.9 Å². The highest BCUT2D eigenvalue weighted by molar-refractivity contribution is 6.09. The molecule has 6 nitrogen and oxygen atoms in total. The molecule has 0 radical (unpaired) electrons. The molecule has 0 fully saturated rings. The molecule has 0 saturated carbocycles. The number of nitrogens with zero attached hydrogens (tertiary/aromatic N) is 5. The molecule has 0 N–H and O–H groups in total. The van der Waals surface area contributed by atoms with Crippen LogP contribution in [0.3, 0.4) is 0 Å². The third-order valence-electron chi connectivity index (χ3n) is 4.19. The minimum Gasteiger partial charge on any atom is -0.310 e. The van der Waals surface area contributed by atoms with Gasteiger partial charge in [0.1, 0.15) is 17.8 Å². The van der Waals surface area contributed by atoms with Crippen LogP contribution in [0.15, 0.2) is 48.8 Å². The maximum Gasteiger partial charge on any atom is 0.260 e. The summed E-state index contributed by atoms with van der Waals surface area (Å²) in [6, 6.07) is 13.5. The Morgan fingerprint density at radius 2 is 1.92 bits per heavy atom.